The van der Waals surface area contributed by atoms with Crippen molar-refractivity contribution in [3.8, 4) is 16.5 Å². The molecule has 0 spiro atoms. The first-order valence-corrected chi connectivity index (χ1v) is 9.50. The van der Waals surface area contributed by atoms with E-state index in [2.05, 4.69) is 0 Å². The Kier molecular flexibility index (Phi) is 5.57. The van der Waals surface area contributed by atoms with Crippen molar-refractivity contribution < 1.29 is 14.7 Å². The second-order valence-corrected chi connectivity index (χ2v) is 7.51. The number of hydrogen-bond donors (Lipinski definition) is 1. The molecule has 0 aliphatic rings. The summed E-state index contributed by atoms with van der Waals surface area (Å²) in [6.07, 6.45) is 0. The first-order valence-electron chi connectivity index (χ1n) is 8.68. The molecule has 0 saturated heterocycles. The molecule has 1 aromatic heterocycles. The number of carbonyl (C=O) groups excluding carboxylic acids is 1. The van der Waals surface area contributed by atoms with Gasteiger partial charge in [0, 0.05) is 16.5 Å². The predicted molar refractivity (Wildman–Crippen MR) is 110 cm³/mol. The molecular weight excluding hydrogens is 372 g/mol. The Labute approximate surface area is 167 Å². The molecule has 3 rings (SSSR count). The lowest BCUT2D eigenvalue weighted by molar-refractivity contribution is 0.0703. The van der Waals surface area contributed by atoms with Gasteiger partial charge in [0.2, 0.25) is 0 Å². The third-order valence-corrected chi connectivity index (χ3v) is 5.38. The minimum absolute atomic E-state index is 0.120. The Morgan fingerprint density at radius 1 is 1.07 bits per heavy atom. The average molecular weight is 390 g/mol. The molecule has 0 aliphatic heterocycles. The monoisotopic (exact) mass is 390 g/mol. The summed E-state index contributed by atoms with van der Waals surface area (Å²) in [7, 11) is 0. The predicted octanol–water partition coefficient (Wildman–Crippen LogP) is 5.04. The Hall–Kier alpha value is -3.43. The van der Waals surface area contributed by atoms with Crippen LogP contribution in [-0.4, -0.2) is 23.0 Å². The van der Waals surface area contributed by atoms with Gasteiger partial charge in [-0.3, -0.25) is 4.79 Å². The zero-order valence-corrected chi connectivity index (χ0v) is 16.2. The molecule has 3 aromatic rings. The van der Waals surface area contributed by atoms with Crippen LogP contribution in [0.1, 0.15) is 39.4 Å². The fourth-order valence-corrected chi connectivity index (χ4v) is 3.90. The van der Waals surface area contributed by atoms with Crippen molar-refractivity contribution in [2.24, 2.45) is 0 Å². The second-order valence-electron chi connectivity index (χ2n) is 6.45. The molecular formula is C22H18N2O3S. The number of nitriles is 1. The van der Waals surface area contributed by atoms with Crippen molar-refractivity contribution in [2.75, 3.05) is 4.90 Å². The summed E-state index contributed by atoms with van der Waals surface area (Å²) in [6, 6.07) is 19.3. The molecule has 140 valence electrons. The Bertz CT molecular complexity index is 1050. The molecule has 0 unspecified atom stereocenters. The highest BCUT2D eigenvalue weighted by Gasteiger charge is 2.28. The number of carbonyl (C=O) groups is 2. The quantitative estimate of drug-likeness (QED) is 0.662. The Morgan fingerprint density at radius 3 is 2.25 bits per heavy atom. The van der Waals surface area contributed by atoms with E-state index in [1.54, 1.807) is 30.3 Å². The van der Waals surface area contributed by atoms with E-state index in [-0.39, 0.29) is 16.8 Å². The number of anilines is 1. The zero-order valence-electron chi connectivity index (χ0n) is 15.4. The van der Waals surface area contributed by atoms with Crippen molar-refractivity contribution in [3.05, 3.63) is 76.7 Å². The van der Waals surface area contributed by atoms with Crippen LogP contribution < -0.4 is 4.90 Å². The maximum atomic E-state index is 13.2. The average Bonchev–Trinajstić information content (AvgIpc) is 3.13. The largest absolute Gasteiger partial charge is 0.477 e. The highest BCUT2D eigenvalue weighted by atomic mass is 32.1. The standard InChI is InChI=1S/C22H18N2O3S/c1-14(2)24(21(25)17-10-8-15(13-23)9-11-17)18-12-19(28-20(18)22(26)27)16-6-4-3-5-7-16/h3-12,14H,1-2H3,(H,26,27). The molecule has 28 heavy (non-hydrogen) atoms. The minimum atomic E-state index is -1.07. The van der Waals surface area contributed by atoms with Gasteiger partial charge in [0.1, 0.15) is 4.88 Å². The molecule has 1 amide bonds. The van der Waals surface area contributed by atoms with Gasteiger partial charge in [-0.1, -0.05) is 30.3 Å². The highest BCUT2D eigenvalue weighted by Crippen LogP contribution is 2.38. The number of nitrogens with zero attached hydrogens (tertiary/aromatic N) is 2. The van der Waals surface area contributed by atoms with Crippen molar-refractivity contribution in [1.29, 1.82) is 5.26 Å². The van der Waals surface area contributed by atoms with E-state index >= 15 is 0 Å². The lowest BCUT2D eigenvalue weighted by Gasteiger charge is -2.26. The maximum absolute atomic E-state index is 13.2. The molecule has 5 nitrogen and oxygen atoms in total. The van der Waals surface area contributed by atoms with E-state index in [1.165, 1.54) is 4.90 Å². The fraction of sp³-hybridized carbons (Fsp3) is 0.136. The topological polar surface area (TPSA) is 81.4 Å². The lowest BCUT2D eigenvalue weighted by Crippen LogP contribution is -2.37. The highest BCUT2D eigenvalue weighted by molar-refractivity contribution is 7.18. The molecule has 0 saturated carbocycles. The molecule has 0 radical (unpaired) electrons. The van der Waals surface area contributed by atoms with Crippen LogP contribution >= 0.6 is 11.3 Å². The number of aromatic carboxylic acids is 1. The first-order chi connectivity index (χ1) is 13.4. The Balaban J connectivity index is 2.08. The van der Waals surface area contributed by atoms with Crippen molar-refractivity contribution in [3.63, 3.8) is 0 Å². The number of benzene rings is 2. The third kappa shape index (κ3) is 3.80. The maximum Gasteiger partial charge on any atom is 0.348 e. The summed E-state index contributed by atoms with van der Waals surface area (Å²) in [5, 5.41) is 18.7. The van der Waals surface area contributed by atoms with Crippen LogP contribution in [0.3, 0.4) is 0 Å². The zero-order chi connectivity index (χ0) is 20.3. The number of rotatable bonds is 5. The third-order valence-electron chi connectivity index (χ3n) is 4.22. The van der Waals surface area contributed by atoms with Crippen LogP contribution in [0.15, 0.2) is 60.7 Å². The first kappa shape index (κ1) is 19.3. The van der Waals surface area contributed by atoms with Crippen LogP contribution in [0.4, 0.5) is 5.69 Å². The summed E-state index contributed by atoms with van der Waals surface area (Å²) < 4.78 is 0. The number of thiophene rings is 1. The van der Waals surface area contributed by atoms with E-state index in [9.17, 15) is 14.7 Å². The van der Waals surface area contributed by atoms with Gasteiger partial charge in [-0.2, -0.15) is 5.26 Å². The van der Waals surface area contributed by atoms with Gasteiger partial charge in [-0.25, -0.2) is 4.79 Å². The summed E-state index contributed by atoms with van der Waals surface area (Å²) in [6.45, 7) is 3.68. The van der Waals surface area contributed by atoms with Crippen LogP contribution in [0.5, 0.6) is 0 Å². The van der Waals surface area contributed by atoms with E-state index in [0.29, 0.717) is 16.8 Å². The van der Waals surface area contributed by atoms with Gasteiger partial charge < -0.3 is 10.0 Å². The molecule has 0 aliphatic carbocycles. The number of amides is 1. The molecule has 0 fully saturated rings. The van der Waals surface area contributed by atoms with Gasteiger partial charge in [-0.15, -0.1) is 11.3 Å². The fourth-order valence-electron chi connectivity index (χ4n) is 2.91. The van der Waals surface area contributed by atoms with E-state index < -0.39 is 5.97 Å². The van der Waals surface area contributed by atoms with E-state index in [1.807, 2.05) is 50.2 Å². The van der Waals surface area contributed by atoms with Crippen LogP contribution in [-0.2, 0) is 0 Å². The second kappa shape index (κ2) is 8.07. The molecule has 2 aromatic carbocycles. The molecule has 6 heteroatoms. The number of hydrogen-bond acceptors (Lipinski definition) is 4. The normalized spacial score (nSPS) is 10.5. The molecule has 1 N–H and O–H groups in total. The van der Waals surface area contributed by atoms with Gasteiger partial charge in [0.15, 0.2) is 0 Å². The van der Waals surface area contributed by atoms with Gasteiger partial charge in [0.05, 0.1) is 17.3 Å². The minimum Gasteiger partial charge on any atom is -0.477 e. The Morgan fingerprint density at radius 2 is 1.71 bits per heavy atom. The molecule has 0 atom stereocenters. The molecule has 1 heterocycles. The van der Waals surface area contributed by atoms with Gasteiger partial charge in [-0.05, 0) is 49.7 Å². The van der Waals surface area contributed by atoms with E-state index in [0.717, 1.165) is 21.8 Å². The SMILES string of the molecule is CC(C)N(C(=O)c1ccc(C#N)cc1)c1cc(-c2ccccc2)sc1C(=O)O. The van der Waals surface area contributed by atoms with Gasteiger partial charge >= 0.3 is 5.97 Å². The number of carboxylic acids is 1. The summed E-state index contributed by atoms with van der Waals surface area (Å²) in [5.74, 6) is -1.38. The van der Waals surface area contributed by atoms with Crippen molar-refractivity contribution >= 4 is 28.9 Å². The van der Waals surface area contributed by atoms with Crippen LogP contribution in [0.25, 0.3) is 10.4 Å². The van der Waals surface area contributed by atoms with Crippen LogP contribution in [0, 0.1) is 11.3 Å². The molecule has 0 bridgehead atoms. The summed E-state index contributed by atoms with van der Waals surface area (Å²) in [5.41, 5.74) is 2.13. The van der Waals surface area contributed by atoms with E-state index in [4.69, 9.17) is 5.26 Å². The van der Waals surface area contributed by atoms with Crippen molar-refractivity contribution in [1.82, 2.24) is 0 Å². The lowest BCUT2D eigenvalue weighted by atomic mass is 10.1. The van der Waals surface area contributed by atoms with Gasteiger partial charge in [0.25, 0.3) is 5.91 Å². The summed E-state index contributed by atoms with van der Waals surface area (Å²) in [4.78, 5) is 27.4. The summed E-state index contributed by atoms with van der Waals surface area (Å²) >= 11 is 1.15. The number of carboxylic acid groups (broad SMARTS) is 1. The van der Waals surface area contributed by atoms with Crippen LogP contribution in [0.2, 0.25) is 0 Å². The smallest absolute Gasteiger partial charge is 0.348 e. The van der Waals surface area contributed by atoms with Crippen molar-refractivity contribution in [2.45, 2.75) is 19.9 Å².